The smallest absolute Gasteiger partial charge is 0.415 e. The number of methoxy groups -OCH3 is 1. The summed E-state index contributed by atoms with van der Waals surface area (Å²) in [6.45, 7) is 6.26. The van der Waals surface area contributed by atoms with Crippen LogP contribution in [0.15, 0.2) is 4.99 Å². The van der Waals surface area contributed by atoms with E-state index in [1.165, 1.54) is 7.11 Å². The first-order valence-corrected chi connectivity index (χ1v) is 6.10. The van der Waals surface area contributed by atoms with E-state index in [0.717, 1.165) is 0 Å². The van der Waals surface area contributed by atoms with Gasteiger partial charge in [-0.05, 0) is 27.7 Å². The van der Waals surface area contributed by atoms with Gasteiger partial charge < -0.3 is 14.2 Å². The minimum absolute atomic E-state index is 0.0438. The van der Waals surface area contributed by atoms with Crippen molar-refractivity contribution < 1.29 is 23.4 Å². The van der Waals surface area contributed by atoms with Crippen LogP contribution in [0.5, 0.6) is 0 Å². The molecule has 0 spiro atoms. The zero-order chi connectivity index (χ0) is 14.6. The molecule has 1 heterocycles. The summed E-state index contributed by atoms with van der Waals surface area (Å²) < 4.78 is 28.3. The van der Waals surface area contributed by atoms with Crippen LogP contribution < -0.4 is 5.32 Å². The Balaban J connectivity index is 2.67. The van der Waals surface area contributed by atoms with Crippen molar-refractivity contribution in [3.05, 3.63) is 0 Å². The quantitative estimate of drug-likeness (QED) is 0.832. The first-order chi connectivity index (χ1) is 8.76. The average Bonchev–Trinajstić information content (AvgIpc) is 2.25. The van der Waals surface area contributed by atoms with Gasteiger partial charge in [0.2, 0.25) is 0 Å². The lowest BCUT2D eigenvalue weighted by Crippen LogP contribution is -2.50. The number of hydrogen-bond acceptors (Lipinski definition) is 5. The van der Waals surface area contributed by atoms with Crippen molar-refractivity contribution in [1.82, 2.24) is 5.32 Å². The number of alkyl carbamates (subject to hydrolysis) is 1. The molecule has 19 heavy (non-hydrogen) atoms. The number of hydrogen-bond donors (Lipinski definition) is 1. The lowest BCUT2D eigenvalue weighted by molar-refractivity contribution is -0.0401. The topological polar surface area (TPSA) is 69.2 Å². The fourth-order valence-corrected chi connectivity index (χ4v) is 1.73. The molecule has 0 aromatic carbocycles. The van der Waals surface area contributed by atoms with Gasteiger partial charge >= 0.3 is 6.09 Å². The van der Waals surface area contributed by atoms with Gasteiger partial charge in [0.05, 0.1) is 6.04 Å². The molecule has 6 nitrogen and oxygen atoms in total. The number of ether oxygens (including phenoxy) is 3. The highest BCUT2D eigenvalue weighted by atomic mass is 19.1. The highest BCUT2D eigenvalue weighted by molar-refractivity contribution is 5.91. The molecule has 0 bridgehead atoms. The van der Waals surface area contributed by atoms with Crippen molar-refractivity contribution in [2.24, 2.45) is 4.99 Å². The summed E-state index contributed by atoms with van der Waals surface area (Å²) in [6, 6.07) is -0.359. The van der Waals surface area contributed by atoms with Crippen molar-refractivity contribution >= 4 is 12.1 Å². The maximum absolute atomic E-state index is 12.9. The third-order valence-electron chi connectivity index (χ3n) is 2.46. The molecule has 0 radical (unpaired) electrons. The highest BCUT2D eigenvalue weighted by Gasteiger charge is 2.35. The molecule has 1 aliphatic rings. The van der Waals surface area contributed by atoms with Crippen LogP contribution in [0.25, 0.3) is 0 Å². The Hall–Kier alpha value is -1.37. The normalized spacial score (nSPS) is 27.3. The van der Waals surface area contributed by atoms with E-state index in [1.807, 2.05) is 0 Å². The number of carbonyl (C=O) groups excluding carboxylic acids is 1. The van der Waals surface area contributed by atoms with Crippen LogP contribution in [0.2, 0.25) is 0 Å². The first-order valence-electron chi connectivity index (χ1n) is 6.10. The molecule has 1 N–H and O–H groups in total. The second-order valence-electron chi connectivity index (χ2n) is 5.31. The molecule has 1 aliphatic heterocycles. The first kappa shape index (κ1) is 15.7. The summed E-state index contributed by atoms with van der Waals surface area (Å²) in [5.74, 6) is 0. The number of amides is 1. The number of aliphatic imine (C=N–C) groups is 1. The zero-order valence-corrected chi connectivity index (χ0v) is 11.9. The van der Waals surface area contributed by atoms with E-state index >= 15 is 0 Å². The van der Waals surface area contributed by atoms with Gasteiger partial charge in [0, 0.05) is 7.11 Å². The Kier molecular flexibility index (Phi) is 5.11. The summed E-state index contributed by atoms with van der Waals surface area (Å²) in [7, 11) is 1.47. The van der Waals surface area contributed by atoms with Crippen molar-refractivity contribution in [3.63, 3.8) is 0 Å². The van der Waals surface area contributed by atoms with E-state index in [0.29, 0.717) is 0 Å². The zero-order valence-electron chi connectivity index (χ0n) is 11.9. The molecule has 0 aromatic rings. The number of amidine groups is 1. The molecular weight excluding hydrogens is 255 g/mol. The summed E-state index contributed by atoms with van der Waals surface area (Å²) in [5.41, 5.74) is -0.626. The number of halogens is 1. The van der Waals surface area contributed by atoms with Crippen molar-refractivity contribution in [2.75, 3.05) is 13.8 Å². The third-order valence-corrected chi connectivity index (χ3v) is 2.46. The number of nitrogens with zero attached hydrogens (tertiary/aromatic N) is 1. The number of alkyl halides is 1. The Labute approximate surface area is 112 Å². The van der Waals surface area contributed by atoms with E-state index in [4.69, 9.17) is 14.2 Å². The van der Waals surface area contributed by atoms with E-state index in [-0.39, 0.29) is 12.1 Å². The van der Waals surface area contributed by atoms with Crippen LogP contribution in [-0.4, -0.2) is 49.8 Å². The van der Waals surface area contributed by atoms with Crippen LogP contribution >= 0.6 is 0 Å². The molecule has 3 atom stereocenters. The predicted octanol–water partition coefficient (Wildman–Crippen LogP) is 1.64. The Morgan fingerprint density at radius 3 is 2.63 bits per heavy atom. The Morgan fingerprint density at radius 1 is 1.53 bits per heavy atom. The molecule has 110 valence electrons. The van der Waals surface area contributed by atoms with Gasteiger partial charge in [0.1, 0.15) is 18.4 Å². The molecule has 0 saturated carbocycles. The van der Waals surface area contributed by atoms with Gasteiger partial charge in [-0.2, -0.15) is 0 Å². The SMILES string of the molecule is CO[C@@H]1[C@H](C)N=C(NC(=O)OC(C)(C)C)O[C@@H]1CF. The van der Waals surface area contributed by atoms with E-state index in [2.05, 4.69) is 10.3 Å². The summed E-state index contributed by atoms with van der Waals surface area (Å²) >= 11 is 0. The number of rotatable bonds is 2. The fraction of sp³-hybridized carbons (Fsp3) is 0.833. The van der Waals surface area contributed by atoms with Crippen LogP contribution in [0.1, 0.15) is 27.7 Å². The molecule has 7 heteroatoms. The molecular formula is C12H21FN2O4. The summed E-state index contributed by atoms with van der Waals surface area (Å²) in [6.07, 6.45) is -1.96. The van der Waals surface area contributed by atoms with Gasteiger partial charge in [0.15, 0.2) is 6.10 Å². The molecule has 0 fully saturated rings. The molecule has 0 saturated heterocycles. The minimum atomic E-state index is -0.789. The van der Waals surface area contributed by atoms with Gasteiger partial charge in [-0.15, -0.1) is 0 Å². The molecule has 1 rings (SSSR count). The maximum atomic E-state index is 12.9. The lowest BCUT2D eigenvalue weighted by atomic mass is 10.1. The molecule has 0 aromatic heterocycles. The second kappa shape index (κ2) is 6.18. The second-order valence-corrected chi connectivity index (χ2v) is 5.31. The van der Waals surface area contributed by atoms with E-state index in [1.54, 1.807) is 27.7 Å². The van der Waals surface area contributed by atoms with Gasteiger partial charge in [0.25, 0.3) is 6.02 Å². The van der Waals surface area contributed by atoms with E-state index in [9.17, 15) is 9.18 Å². The van der Waals surface area contributed by atoms with Crippen LogP contribution in [0.4, 0.5) is 9.18 Å². The number of nitrogens with one attached hydrogen (secondary N) is 1. The number of carbonyl (C=O) groups is 1. The molecule has 0 aliphatic carbocycles. The minimum Gasteiger partial charge on any atom is -0.456 e. The predicted molar refractivity (Wildman–Crippen MR) is 67.9 cm³/mol. The lowest BCUT2D eigenvalue weighted by Gasteiger charge is -2.32. The standard InChI is InChI=1S/C12H21FN2O4/c1-7-9(17-5)8(6-13)18-10(14-7)15-11(16)19-12(2,3)4/h7-9H,6H2,1-5H3,(H,14,15,16)/t7-,8+,9+/m0/s1. The van der Waals surface area contributed by atoms with Crippen LogP contribution in [0, 0.1) is 0 Å². The van der Waals surface area contributed by atoms with Crippen molar-refractivity contribution in [3.8, 4) is 0 Å². The van der Waals surface area contributed by atoms with Crippen molar-refractivity contribution in [1.29, 1.82) is 0 Å². The molecule has 0 unspecified atom stereocenters. The van der Waals surface area contributed by atoms with Gasteiger partial charge in [-0.1, -0.05) is 0 Å². The van der Waals surface area contributed by atoms with Crippen molar-refractivity contribution in [2.45, 2.75) is 51.5 Å². The summed E-state index contributed by atoms with van der Waals surface area (Å²) in [5, 5.41) is 2.36. The highest BCUT2D eigenvalue weighted by Crippen LogP contribution is 2.17. The average molecular weight is 276 g/mol. The monoisotopic (exact) mass is 276 g/mol. The maximum Gasteiger partial charge on any atom is 0.415 e. The molecule has 1 amide bonds. The Morgan fingerprint density at radius 2 is 2.16 bits per heavy atom. The van der Waals surface area contributed by atoms with Gasteiger partial charge in [-0.3, -0.25) is 0 Å². The Bertz CT molecular complexity index is 354. The van der Waals surface area contributed by atoms with Crippen LogP contribution in [-0.2, 0) is 14.2 Å². The summed E-state index contributed by atoms with van der Waals surface area (Å²) in [4.78, 5) is 15.7. The fourth-order valence-electron chi connectivity index (χ4n) is 1.73. The third kappa shape index (κ3) is 4.66. The van der Waals surface area contributed by atoms with Crippen LogP contribution in [0.3, 0.4) is 0 Å². The largest absolute Gasteiger partial charge is 0.456 e. The van der Waals surface area contributed by atoms with Gasteiger partial charge in [-0.25, -0.2) is 19.5 Å². The van der Waals surface area contributed by atoms with E-state index < -0.39 is 30.6 Å².